The zero-order valence-corrected chi connectivity index (χ0v) is 10.5. The van der Waals surface area contributed by atoms with Crippen LogP contribution in [0.1, 0.15) is 31.2 Å². The topological polar surface area (TPSA) is 38.3 Å². The minimum atomic E-state index is -0.191. The first-order valence-corrected chi connectivity index (χ1v) is 6.84. The normalized spacial score (nSPS) is 21.9. The average molecular weight is 245 g/mol. The molecular weight excluding hydrogens is 226 g/mol. The smallest absolute Gasteiger partial charge is 0.328 e. The van der Waals surface area contributed by atoms with E-state index in [2.05, 4.69) is 11.4 Å². The lowest BCUT2D eigenvalue weighted by molar-refractivity contribution is -0.144. The number of fused-ring (bicyclic) bond motifs is 1. The summed E-state index contributed by atoms with van der Waals surface area (Å²) in [7, 11) is 0. The summed E-state index contributed by atoms with van der Waals surface area (Å²) in [5.74, 6) is 0.692. The molecule has 1 aromatic rings. The summed E-state index contributed by atoms with van der Waals surface area (Å²) >= 11 is 0. The Morgan fingerprint density at radius 1 is 1.33 bits per heavy atom. The van der Waals surface area contributed by atoms with Crippen LogP contribution in [0.15, 0.2) is 24.3 Å². The molecule has 0 amide bonds. The van der Waals surface area contributed by atoms with Gasteiger partial charge in [0.1, 0.15) is 6.04 Å². The molecule has 1 unspecified atom stereocenters. The maximum absolute atomic E-state index is 11.9. The van der Waals surface area contributed by atoms with E-state index in [0.717, 1.165) is 24.4 Å². The van der Waals surface area contributed by atoms with Gasteiger partial charge in [-0.1, -0.05) is 37.5 Å². The molecule has 18 heavy (non-hydrogen) atoms. The zero-order chi connectivity index (χ0) is 12.4. The predicted octanol–water partition coefficient (Wildman–Crippen LogP) is 2.76. The predicted molar refractivity (Wildman–Crippen MR) is 70.5 cm³/mol. The quantitative estimate of drug-likeness (QED) is 0.829. The van der Waals surface area contributed by atoms with Crippen LogP contribution >= 0.6 is 0 Å². The molecule has 1 atom stereocenters. The average Bonchev–Trinajstić information content (AvgIpc) is 2.75. The first-order chi connectivity index (χ1) is 8.83. The van der Waals surface area contributed by atoms with Crippen molar-refractivity contribution in [2.75, 3.05) is 11.9 Å². The SMILES string of the molecule is O=C(OCCC1CCC1)C1Cc2ccccc2N1. The number of hydrogen-bond donors (Lipinski definition) is 1. The lowest BCUT2D eigenvalue weighted by Gasteiger charge is -2.25. The van der Waals surface area contributed by atoms with E-state index >= 15 is 0 Å². The molecule has 3 nitrogen and oxygen atoms in total. The summed E-state index contributed by atoms with van der Waals surface area (Å²) in [5, 5.41) is 3.23. The van der Waals surface area contributed by atoms with Crippen molar-refractivity contribution in [3.05, 3.63) is 29.8 Å². The lowest BCUT2D eigenvalue weighted by Crippen LogP contribution is -2.30. The van der Waals surface area contributed by atoms with Gasteiger partial charge in [0.2, 0.25) is 0 Å². The second-order valence-electron chi connectivity index (χ2n) is 5.31. The third-order valence-electron chi connectivity index (χ3n) is 4.05. The van der Waals surface area contributed by atoms with Gasteiger partial charge in [0, 0.05) is 12.1 Å². The second kappa shape index (κ2) is 5.01. The molecule has 1 aliphatic carbocycles. The molecule has 0 radical (unpaired) electrons. The summed E-state index contributed by atoms with van der Waals surface area (Å²) in [5.41, 5.74) is 2.27. The molecule has 1 aliphatic heterocycles. The number of carbonyl (C=O) groups excluding carboxylic acids is 1. The second-order valence-corrected chi connectivity index (χ2v) is 5.31. The molecule has 1 saturated carbocycles. The molecule has 0 aromatic heterocycles. The highest BCUT2D eigenvalue weighted by Crippen LogP contribution is 2.29. The fourth-order valence-electron chi connectivity index (χ4n) is 2.65. The number of para-hydroxylation sites is 1. The number of anilines is 1. The highest BCUT2D eigenvalue weighted by molar-refractivity contribution is 5.82. The first-order valence-electron chi connectivity index (χ1n) is 6.84. The van der Waals surface area contributed by atoms with E-state index in [9.17, 15) is 4.79 Å². The number of esters is 1. The first kappa shape index (κ1) is 11.6. The molecule has 0 bridgehead atoms. The van der Waals surface area contributed by atoms with Crippen molar-refractivity contribution in [1.29, 1.82) is 0 Å². The van der Waals surface area contributed by atoms with E-state index in [1.807, 2.05) is 18.2 Å². The van der Waals surface area contributed by atoms with Crippen LogP contribution in [-0.4, -0.2) is 18.6 Å². The lowest BCUT2D eigenvalue weighted by atomic mass is 9.83. The Morgan fingerprint density at radius 3 is 2.89 bits per heavy atom. The van der Waals surface area contributed by atoms with Crippen LogP contribution in [0.25, 0.3) is 0 Å². The number of benzene rings is 1. The number of ether oxygens (including phenoxy) is 1. The fraction of sp³-hybridized carbons (Fsp3) is 0.533. The monoisotopic (exact) mass is 245 g/mol. The van der Waals surface area contributed by atoms with Gasteiger partial charge < -0.3 is 10.1 Å². The molecule has 1 aromatic carbocycles. The van der Waals surface area contributed by atoms with Gasteiger partial charge in [0.15, 0.2) is 0 Å². The summed E-state index contributed by atoms with van der Waals surface area (Å²) in [6, 6.07) is 7.87. The molecule has 1 heterocycles. The summed E-state index contributed by atoms with van der Waals surface area (Å²) in [6.07, 6.45) is 5.75. The van der Waals surface area contributed by atoms with Crippen LogP contribution in [0, 0.1) is 5.92 Å². The highest BCUT2D eigenvalue weighted by Gasteiger charge is 2.27. The van der Waals surface area contributed by atoms with Crippen molar-refractivity contribution in [3.8, 4) is 0 Å². The van der Waals surface area contributed by atoms with Crippen molar-refractivity contribution in [2.45, 2.75) is 38.1 Å². The summed E-state index contributed by atoms with van der Waals surface area (Å²) < 4.78 is 5.36. The Kier molecular flexibility index (Phi) is 3.22. The zero-order valence-electron chi connectivity index (χ0n) is 10.5. The van der Waals surface area contributed by atoms with Gasteiger partial charge >= 0.3 is 5.97 Å². The van der Waals surface area contributed by atoms with Gasteiger partial charge in [-0.25, -0.2) is 4.79 Å². The van der Waals surface area contributed by atoms with E-state index < -0.39 is 0 Å². The maximum Gasteiger partial charge on any atom is 0.328 e. The van der Waals surface area contributed by atoms with E-state index in [4.69, 9.17) is 4.74 Å². The van der Waals surface area contributed by atoms with E-state index in [-0.39, 0.29) is 12.0 Å². The van der Waals surface area contributed by atoms with Crippen LogP contribution in [0.5, 0.6) is 0 Å². The van der Waals surface area contributed by atoms with Crippen LogP contribution in [0.4, 0.5) is 5.69 Å². The van der Waals surface area contributed by atoms with Gasteiger partial charge in [-0.05, 0) is 24.0 Å². The van der Waals surface area contributed by atoms with E-state index in [1.165, 1.54) is 24.8 Å². The number of carbonyl (C=O) groups is 1. The van der Waals surface area contributed by atoms with Gasteiger partial charge in [-0.15, -0.1) is 0 Å². The third-order valence-corrected chi connectivity index (χ3v) is 4.05. The molecule has 1 N–H and O–H groups in total. The number of rotatable bonds is 4. The standard InChI is InChI=1S/C15H19NO2/c17-15(18-9-8-11-4-3-5-11)14-10-12-6-1-2-7-13(12)16-14/h1-2,6-7,11,14,16H,3-5,8-10H2. The molecule has 0 saturated heterocycles. The third kappa shape index (κ3) is 2.35. The van der Waals surface area contributed by atoms with E-state index in [0.29, 0.717) is 6.61 Å². The molecule has 96 valence electrons. The highest BCUT2D eigenvalue weighted by atomic mass is 16.5. The number of nitrogens with one attached hydrogen (secondary N) is 1. The molecule has 1 fully saturated rings. The Bertz CT molecular complexity index is 415. The summed E-state index contributed by atoms with van der Waals surface area (Å²) in [6.45, 7) is 0.581. The maximum atomic E-state index is 11.9. The van der Waals surface area contributed by atoms with E-state index in [1.54, 1.807) is 0 Å². The molecule has 2 aliphatic rings. The Hall–Kier alpha value is -1.51. The van der Waals surface area contributed by atoms with Crippen molar-refractivity contribution in [3.63, 3.8) is 0 Å². The Balaban J connectivity index is 1.46. The van der Waals surface area contributed by atoms with Crippen LogP contribution in [0.2, 0.25) is 0 Å². The number of hydrogen-bond acceptors (Lipinski definition) is 3. The van der Waals surface area contributed by atoms with Crippen molar-refractivity contribution in [1.82, 2.24) is 0 Å². The Labute approximate surface area is 108 Å². The van der Waals surface area contributed by atoms with Gasteiger partial charge in [-0.2, -0.15) is 0 Å². The summed E-state index contributed by atoms with van der Waals surface area (Å²) in [4.78, 5) is 11.9. The largest absolute Gasteiger partial charge is 0.464 e. The minimum Gasteiger partial charge on any atom is -0.464 e. The minimum absolute atomic E-state index is 0.106. The van der Waals surface area contributed by atoms with Gasteiger partial charge in [0.25, 0.3) is 0 Å². The van der Waals surface area contributed by atoms with Crippen molar-refractivity contribution in [2.24, 2.45) is 5.92 Å². The molecule has 3 heteroatoms. The van der Waals surface area contributed by atoms with Crippen LogP contribution in [0.3, 0.4) is 0 Å². The fourth-order valence-corrected chi connectivity index (χ4v) is 2.65. The molecular formula is C15H19NO2. The molecule has 3 rings (SSSR count). The Morgan fingerprint density at radius 2 is 2.17 bits per heavy atom. The van der Waals surface area contributed by atoms with Crippen molar-refractivity contribution < 1.29 is 9.53 Å². The van der Waals surface area contributed by atoms with Gasteiger partial charge in [0.05, 0.1) is 6.61 Å². The van der Waals surface area contributed by atoms with Crippen LogP contribution in [-0.2, 0) is 16.0 Å². The van der Waals surface area contributed by atoms with Gasteiger partial charge in [-0.3, -0.25) is 0 Å². The van der Waals surface area contributed by atoms with Crippen molar-refractivity contribution >= 4 is 11.7 Å². The molecule has 0 spiro atoms. The van der Waals surface area contributed by atoms with Crippen LogP contribution < -0.4 is 5.32 Å².